The van der Waals surface area contributed by atoms with Crippen molar-refractivity contribution in [2.75, 3.05) is 13.7 Å². The van der Waals surface area contributed by atoms with Crippen molar-refractivity contribution in [3.05, 3.63) is 22.2 Å². The van der Waals surface area contributed by atoms with Crippen LogP contribution in [0.25, 0.3) is 0 Å². The van der Waals surface area contributed by atoms with E-state index in [9.17, 15) is 9.90 Å². The van der Waals surface area contributed by atoms with Crippen molar-refractivity contribution in [3.63, 3.8) is 0 Å². The highest BCUT2D eigenvalue weighted by molar-refractivity contribution is 9.10. The van der Waals surface area contributed by atoms with Gasteiger partial charge in [0.15, 0.2) is 11.5 Å². The molecule has 1 aliphatic heterocycles. The molecule has 1 fully saturated rings. The van der Waals surface area contributed by atoms with Crippen LogP contribution in [0.5, 0.6) is 11.5 Å². The van der Waals surface area contributed by atoms with Crippen molar-refractivity contribution in [1.82, 2.24) is 5.32 Å². The van der Waals surface area contributed by atoms with Crippen LogP contribution in [0.1, 0.15) is 17.9 Å². The second-order valence-corrected chi connectivity index (χ2v) is 4.67. The highest BCUT2D eigenvalue weighted by atomic mass is 79.9. The molecule has 1 aromatic rings. The Balaban J connectivity index is 2.40. The molecule has 5 heteroatoms. The summed E-state index contributed by atoms with van der Waals surface area (Å²) in [7, 11) is 1.50. The fourth-order valence-corrected chi connectivity index (χ4v) is 2.34. The third kappa shape index (κ3) is 2.00. The number of carbonyl (C=O) groups excluding carboxylic acids is 1. The summed E-state index contributed by atoms with van der Waals surface area (Å²) < 4.78 is 5.90. The molecule has 1 amide bonds. The smallest absolute Gasteiger partial charge is 0.220 e. The molecule has 1 aliphatic rings. The lowest BCUT2D eigenvalue weighted by Gasteiger charge is -2.13. The van der Waals surface area contributed by atoms with Crippen LogP contribution in [0.4, 0.5) is 0 Å². The summed E-state index contributed by atoms with van der Waals surface area (Å²) in [5, 5.41) is 12.7. The van der Waals surface area contributed by atoms with E-state index in [1.165, 1.54) is 7.11 Å². The van der Waals surface area contributed by atoms with Crippen molar-refractivity contribution in [1.29, 1.82) is 0 Å². The van der Waals surface area contributed by atoms with Gasteiger partial charge in [0.2, 0.25) is 5.91 Å². The SMILES string of the molecule is COc1cc(Br)cc(C2CNC(=O)C2)c1O. The van der Waals surface area contributed by atoms with Crippen LogP contribution in [0.15, 0.2) is 16.6 Å². The maximum Gasteiger partial charge on any atom is 0.220 e. The second-order valence-electron chi connectivity index (χ2n) is 3.75. The van der Waals surface area contributed by atoms with Crippen molar-refractivity contribution in [2.45, 2.75) is 12.3 Å². The summed E-state index contributed by atoms with van der Waals surface area (Å²) in [6.07, 6.45) is 0.410. The van der Waals surface area contributed by atoms with Gasteiger partial charge in [-0.1, -0.05) is 15.9 Å². The largest absolute Gasteiger partial charge is 0.504 e. The summed E-state index contributed by atoms with van der Waals surface area (Å²) in [4.78, 5) is 11.1. The molecule has 4 nitrogen and oxygen atoms in total. The summed E-state index contributed by atoms with van der Waals surface area (Å²) in [6.45, 7) is 0.562. The topological polar surface area (TPSA) is 58.6 Å². The zero-order chi connectivity index (χ0) is 11.7. The first-order valence-corrected chi connectivity index (χ1v) is 5.74. The number of rotatable bonds is 2. The van der Waals surface area contributed by atoms with Gasteiger partial charge in [-0.3, -0.25) is 4.79 Å². The monoisotopic (exact) mass is 285 g/mol. The Bertz CT molecular complexity index is 433. The fourth-order valence-electron chi connectivity index (χ4n) is 1.89. The number of aromatic hydroxyl groups is 1. The summed E-state index contributed by atoms with van der Waals surface area (Å²) in [5.74, 6) is 0.568. The van der Waals surface area contributed by atoms with Crippen LogP contribution in [-0.2, 0) is 4.79 Å². The van der Waals surface area contributed by atoms with E-state index in [2.05, 4.69) is 21.2 Å². The van der Waals surface area contributed by atoms with Crippen LogP contribution in [0.3, 0.4) is 0 Å². The van der Waals surface area contributed by atoms with E-state index >= 15 is 0 Å². The molecule has 16 heavy (non-hydrogen) atoms. The van der Waals surface area contributed by atoms with Crippen LogP contribution < -0.4 is 10.1 Å². The van der Waals surface area contributed by atoms with Gasteiger partial charge in [-0.25, -0.2) is 0 Å². The standard InChI is InChI=1S/C11H12BrNO3/c1-16-9-4-7(12)3-8(11(9)15)6-2-10(14)13-5-6/h3-4,6,15H,2,5H2,1H3,(H,13,14). The third-order valence-corrected chi connectivity index (χ3v) is 3.16. The average Bonchev–Trinajstić information content (AvgIpc) is 2.67. The van der Waals surface area contributed by atoms with Gasteiger partial charge in [0, 0.05) is 28.9 Å². The first kappa shape index (κ1) is 11.3. The molecule has 0 saturated carbocycles. The second kappa shape index (κ2) is 4.33. The molecule has 0 aliphatic carbocycles. The Morgan fingerprint density at radius 1 is 1.56 bits per heavy atom. The molecule has 0 bridgehead atoms. The Kier molecular flexibility index (Phi) is 3.05. The van der Waals surface area contributed by atoms with Gasteiger partial charge in [0.25, 0.3) is 0 Å². The van der Waals surface area contributed by atoms with E-state index < -0.39 is 0 Å². The van der Waals surface area contributed by atoms with Gasteiger partial charge < -0.3 is 15.2 Å². The predicted octanol–water partition coefficient (Wildman–Crippen LogP) is 1.77. The van der Waals surface area contributed by atoms with Crippen LogP contribution in [0, 0.1) is 0 Å². The highest BCUT2D eigenvalue weighted by Gasteiger charge is 2.26. The molecule has 1 saturated heterocycles. The molecule has 1 atom stereocenters. The van der Waals surface area contributed by atoms with E-state index in [-0.39, 0.29) is 17.6 Å². The molecule has 1 unspecified atom stereocenters. The third-order valence-electron chi connectivity index (χ3n) is 2.71. The van der Waals surface area contributed by atoms with Crippen LogP contribution in [-0.4, -0.2) is 24.7 Å². The molecule has 0 radical (unpaired) electrons. The number of phenolic OH excluding ortho intramolecular Hbond substituents is 1. The van der Waals surface area contributed by atoms with Crippen LogP contribution >= 0.6 is 15.9 Å². The Morgan fingerprint density at radius 3 is 2.88 bits per heavy atom. The minimum absolute atomic E-state index is 0.0129. The number of amides is 1. The first-order valence-electron chi connectivity index (χ1n) is 4.95. The molecule has 1 heterocycles. The Morgan fingerprint density at radius 2 is 2.31 bits per heavy atom. The molecular formula is C11H12BrNO3. The van der Waals surface area contributed by atoms with E-state index in [1.54, 1.807) is 6.07 Å². The van der Waals surface area contributed by atoms with Gasteiger partial charge in [-0.15, -0.1) is 0 Å². The number of ether oxygens (including phenoxy) is 1. The number of hydrogen-bond donors (Lipinski definition) is 2. The van der Waals surface area contributed by atoms with E-state index in [4.69, 9.17) is 4.74 Å². The number of benzene rings is 1. The van der Waals surface area contributed by atoms with Gasteiger partial charge in [-0.05, 0) is 12.1 Å². The highest BCUT2D eigenvalue weighted by Crippen LogP contribution is 2.39. The predicted molar refractivity (Wildman–Crippen MR) is 62.7 cm³/mol. The number of methoxy groups -OCH3 is 1. The number of phenols is 1. The summed E-state index contributed by atoms with van der Waals surface area (Å²) in [6, 6.07) is 3.52. The molecule has 1 aromatic carbocycles. The van der Waals surface area contributed by atoms with Crippen molar-refractivity contribution in [3.8, 4) is 11.5 Å². The fraction of sp³-hybridized carbons (Fsp3) is 0.364. The maximum atomic E-state index is 11.1. The first-order chi connectivity index (χ1) is 7.61. The number of nitrogens with one attached hydrogen (secondary N) is 1. The van der Waals surface area contributed by atoms with E-state index in [0.717, 1.165) is 10.0 Å². The lowest BCUT2D eigenvalue weighted by molar-refractivity contribution is -0.119. The lowest BCUT2D eigenvalue weighted by Crippen LogP contribution is -2.13. The van der Waals surface area contributed by atoms with E-state index in [1.807, 2.05) is 6.07 Å². The van der Waals surface area contributed by atoms with Gasteiger partial charge in [0.1, 0.15) is 0 Å². The molecule has 86 valence electrons. The zero-order valence-corrected chi connectivity index (χ0v) is 10.4. The Labute approximate surface area is 102 Å². The number of halogens is 1. The molecule has 0 aromatic heterocycles. The van der Waals surface area contributed by atoms with Gasteiger partial charge in [0.05, 0.1) is 7.11 Å². The maximum absolute atomic E-state index is 11.1. The van der Waals surface area contributed by atoms with Crippen LogP contribution in [0.2, 0.25) is 0 Å². The average molecular weight is 286 g/mol. The number of hydrogen-bond acceptors (Lipinski definition) is 3. The van der Waals surface area contributed by atoms with Crippen molar-refractivity contribution >= 4 is 21.8 Å². The van der Waals surface area contributed by atoms with Gasteiger partial charge in [-0.2, -0.15) is 0 Å². The van der Waals surface area contributed by atoms with Gasteiger partial charge >= 0.3 is 0 Å². The minimum Gasteiger partial charge on any atom is -0.504 e. The molecule has 2 N–H and O–H groups in total. The quantitative estimate of drug-likeness (QED) is 0.871. The van der Waals surface area contributed by atoms with Crippen molar-refractivity contribution < 1.29 is 14.6 Å². The number of carbonyl (C=O) groups is 1. The minimum atomic E-state index is 0.0129. The molecular weight excluding hydrogens is 274 g/mol. The Hall–Kier alpha value is -1.23. The lowest BCUT2D eigenvalue weighted by atomic mass is 9.97. The summed E-state index contributed by atoms with van der Waals surface area (Å²) in [5.41, 5.74) is 0.740. The zero-order valence-electron chi connectivity index (χ0n) is 8.79. The molecule has 0 spiro atoms. The normalized spacial score (nSPS) is 19.6. The molecule has 2 rings (SSSR count). The summed E-state index contributed by atoms with van der Waals surface area (Å²) >= 11 is 3.35. The van der Waals surface area contributed by atoms with Crippen molar-refractivity contribution in [2.24, 2.45) is 0 Å². The van der Waals surface area contributed by atoms with E-state index in [0.29, 0.717) is 18.7 Å².